The number of nitrogens with zero attached hydrogens (tertiary/aromatic N) is 1. The summed E-state index contributed by atoms with van der Waals surface area (Å²) in [5, 5.41) is 11.2. The van der Waals surface area contributed by atoms with E-state index in [1.54, 1.807) is 55.5 Å². The first-order chi connectivity index (χ1) is 16.8. The Labute approximate surface area is 203 Å². The van der Waals surface area contributed by atoms with Crippen LogP contribution in [0.1, 0.15) is 40.0 Å². The highest BCUT2D eigenvalue weighted by atomic mass is 16.5. The van der Waals surface area contributed by atoms with E-state index < -0.39 is 23.7 Å². The molecule has 1 N–H and O–H groups in total. The summed E-state index contributed by atoms with van der Waals surface area (Å²) in [7, 11) is 1.53. The van der Waals surface area contributed by atoms with Crippen molar-refractivity contribution in [2.24, 2.45) is 0 Å². The molecule has 0 saturated carbocycles. The Kier molecular flexibility index (Phi) is 6.68. The van der Waals surface area contributed by atoms with Crippen LogP contribution in [0.25, 0.3) is 5.76 Å². The normalized spacial score (nSPS) is 16.9. The van der Waals surface area contributed by atoms with Crippen LogP contribution in [-0.2, 0) is 14.3 Å². The third-order valence-electron chi connectivity index (χ3n) is 5.80. The minimum Gasteiger partial charge on any atom is -0.507 e. The van der Waals surface area contributed by atoms with Gasteiger partial charge in [-0.05, 0) is 61.9 Å². The Bertz CT molecular complexity index is 1330. The van der Waals surface area contributed by atoms with Crippen molar-refractivity contribution in [3.8, 4) is 5.75 Å². The maximum Gasteiger partial charge on any atom is 0.338 e. The molecule has 1 amide bonds. The molecule has 0 spiro atoms. The smallest absolute Gasteiger partial charge is 0.338 e. The molecule has 178 valence electrons. The molecule has 35 heavy (non-hydrogen) atoms. The quantitative estimate of drug-likeness (QED) is 0.240. The standard InChI is InChI=1S/C28H25NO6/c1-4-35-28(33)20-9-6-10-21(16-20)29-24(19-8-5-7-17(2)15-19)23(26(31)27(29)32)25(30)18-11-13-22(34-3)14-12-18/h5-16,24,30H,4H2,1-3H3/b25-23+. The maximum atomic E-state index is 13.3. The molecule has 1 heterocycles. The number of aliphatic hydroxyl groups is 1. The first-order valence-electron chi connectivity index (χ1n) is 11.1. The Hall–Kier alpha value is -4.39. The Morgan fingerprint density at radius 1 is 0.971 bits per heavy atom. The second-order valence-corrected chi connectivity index (χ2v) is 8.08. The first-order valence-corrected chi connectivity index (χ1v) is 11.1. The van der Waals surface area contributed by atoms with Crippen molar-refractivity contribution in [2.45, 2.75) is 19.9 Å². The fraction of sp³-hybridized carbons (Fsp3) is 0.179. The number of aliphatic hydroxyl groups excluding tert-OH is 1. The number of ketones is 1. The molecule has 3 aromatic carbocycles. The minimum absolute atomic E-state index is 0.0349. The van der Waals surface area contributed by atoms with E-state index in [2.05, 4.69) is 0 Å². The van der Waals surface area contributed by atoms with Crippen molar-refractivity contribution in [1.29, 1.82) is 0 Å². The molecule has 1 saturated heterocycles. The summed E-state index contributed by atoms with van der Waals surface area (Å²) in [6.45, 7) is 3.82. The lowest BCUT2D eigenvalue weighted by Gasteiger charge is -2.26. The van der Waals surface area contributed by atoms with Gasteiger partial charge in [0.05, 0.1) is 30.9 Å². The zero-order valence-corrected chi connectivity index (χ0v) is 19.6. The molecule has 0 radical (unpaired) electrons. The van der Waals surface area contributed by atoms with Crippen molar-refractivity contribution in [2.75, 3.05) is 18.6 Å². The molecular formula is C28H25NO6. The second kappa shape index (κ2) is 9.85. The predicted octanol–water partition coefficient (Wildman–Crippen LogP) is 4.81. The molecule has 4 rings (SSSR count). The highest BCUT2D eigenvalue weighted by molar-refractivity contribution is 6.51. The number of hydrogen-bond donors (Lipinski definition) is 1. The number of aryl methyl sites for hydroxylation is 1. The van der Waals surface area contributed by atoms with E-state index in [1.165, 1.54) is 18.1 Å². The number of Topliss-reactive ketones (excluding diaryl/α,β-unsaturated/α-hetero) is 1. The summed E-state index contributed by atoms with van der Waals surface area (Å²) in [4.78, 5) is 40.2. The number of ether oxygens (including phenoxy) is 2. The van der Waals surface area contributed by atoms with Gasteiger partial charge in [0.2, 0.25) is 0 Å². The molecule has 1 aliphatic heterocycles. The molecule has 3 aromatic rings. The number of esters is 1. The van der Waals surface area contributed by atoms with Gasteiger partial charge in [-0.3, -0.25) is 14.5 Å². The van der Waals surface area contributed by atoms with Crippen molar-refractivity contribution >= 4 is 29.1 Å². The number of anilines is 1. The SMILES string of the molecule is CCOC(=O)c1cccc(N2C(=O)C(=O)/C(=C(/O)c3ccc(OC)cc3)C2c2cccc(C)c2)c1. The molecule has 1 unspecified atom stereocenters. The van der Waals surface area contributed by atoms with Crippen LogP contribution in [0.2, 0.25) is 0 Å². The van der Waals surface area contributed by atoms with Crippen molar-refractivity contribution < 1.29 is 29.0 Å². The molecule has 1 atom stereocenters. The maximum absolute atomic E-state index is 13.3. The summed E-state index contributed by atoms with van der Waals surface area (Å²) >= 11 is 0. The van der Waals surface area contributed by atoms with Gasteiger partial charge in [-0.25, -0.2) is 4.79 Å². The van der Waals surface area contributed by atoms with Crippen LogP contribution >= 0.6 is 0 Å². The van der Waals surface area contributed by atoms with Crippen molar-refractivity contribution in [3.05, 3.63) is 101 Å². The van der Waals surface area contributed by atoms with Crippen LogP contribution in [0.3, 0.4) is 0 Å². The van der Waals surface area contributed by atoms with Gasteiger partial charge < -0.3 is 14.6 Å². The largest absolute Gasteiger partial charge is 0.507 e. The molecular weight excluding hydrogens is 446 g/mol. The summed E-state index contributed by atoms with van der Waals surface area (Å²) in [6, 6.07) is 19.4. The van der Waals surface area contributed by atoms with E-state index >= 15 is 0 Å². The molecule has 0 bridgehead atoms. The molecule has 0 aromatic heterocycles. The van der Waals surface area contributed by atoms with Gasteiger partial charge >= 0.3 is 5.97 Å². The van der Waals surface area contributed by atoms with Crippen molar-refractivity contribution in [3.63, 3.8) is 0 Å². The zero-order valence-electron chi connectivity index (χ0n) is 19.6. The van der Waals surface area contributed by atoms with Crippen LogP contribution in [0, 0.1) is 6.92 Å². The molecule has 7 nitrogen and oxygen atoms in total. The Morgan fingerprint density at radius 3 is 2.34 bits per heavy atom. The van der Waals surface area contributed by atoms with Gasteiger partial charge in [-0.1, -0.05) is 35.9 Å². The highest BCUT2D eigenvalue weighted by Gasteiger charge is 2.47. The number of hydrogen-bond acceptors (Lipinski definition) is 6. The Balaban J connectivity index is 1.90. The minimum atomic E-state index is -0.894. The summed E-state index contributed by atoms with van der Waals surface area (Å²) in [5.74, 6) is -1.84. The average molecular weight is 472 g/mol. The Morgan fingerprint density at radius 2 is 1.69 bits per heavy atom. The highest BCUT2D eigenvalue weighted by Crippen LogP contribution is 2.42. The predicted molar refractivity (Wildman–Crippen MR) is 131 cm³/mol. The number of carbonyl (C=O) groups excluding carboxylic acids is 3. The lowest BCUT2D eigenvalue weighted by molar-refractivity contribution is -0.132. The number of benzene rings is 3. The summed E-state index contributed by atoms with van der Waals surface area (Å²) in [6.07, 6.45) is 0. The van der Waals surface area contributed by atoms with Crippen LogP contribution in [0.4, 0.5) is 5.69 Å². The number of methoxy groups -OCH3 is 1. The van der Waals surface area contributed by atoms with E-state index in [1.807, 2.05) is 25.1 Å². The number of carbonyl (C=O) groups is 3. The van der Waals surface area contributed by atoms with Gasteiger partial charge in [0.1, 0.15) is 11.5 Å². The first kappa shape index (κ1) is 23.8. The molecule has 1 fully saturated rings. The monoisotopic (exact) mass is 471 g/mol. The van der Waals surface area contributed by atoms with Gasteiger partial charge in [0, 0.05) is 11.3 Å². The lowest BCUT2D eigenvalue weighted by atomic mass is 9.94. The topological polar surface area (TPSA) is 93.1 Å². The molecule has 1 aliphatic rings. The van der Waals surface area contributed by atoms with Gasteiger partial charge in [-0.15, -0.1) is 0 Å². The third kappa shape index (κ3) is 4.53. The second-order valence-electron chi connectivity index (χ2n) is 8.08. The third-order valence-corrected chi connectivity index (χ3v) is 5.80. The average Bonchev–Trinajstić information content (AvgIpc) is 3.14. The van der Waals surface area contributed by atoms with Crippen LogP contribution < -0.4 is 9.64 Å². The number of rotatable bonds is 6. The fourth-order valence-electron chi connectivity index (χ4n) is 4.16. The van der Waals surface area contributed by atoms with Gasteiger partial charge in [0.15, 0.2) is 0 Å². The van der Waals surface area contributed by atoms with E-state index in [0.717, 1.165) is 5.56 Å². The summed E-state index contributed by atoms with van der Waals surface area (Å²) < 4.78 is 10.3. The number of amides is 1. The van der Waals surface area contributed by atoms with Crippen LogP contribution in [0.5, 0.6) is 5.75 Å². The van der Waals surface area contributed by atoms with Gasteiger partial charge in [0.25, 0.3) is 11.7 Å². The summed E-state index contributed by atoms with van der Waals surface area (Å²) in [5.41, 5.74) is 2.52. The van der Waals surface area contributed by atoms with E-state index in [0.29, 0.717) is 22.6 Å². The zero-order chi connectivity index (χ0) is 25.1. The van der Waals surface area contributed by atoms with Crippen LogP contribution in [-0.4, -0.2) is 36.5 Å². The van der Waals surface area contributed by atoms with E-state index in [9.17, 15) is 19.5 Å². The van der Waals surface area contributed by atoms with Crippen molar-refractivity contribution in [1.82, 2.24) is 0 Å². The fourth-order valence-corrected chi connectivity index (χ4v) is 4.16. The van der Waals surface area contributed by atoms with E-state index in [-0.39, 0.29) is 23.5 Å². The van der Waals surface area contributed by atoms with Gasteiger partial charge in [-0.2, -0.15) is 0 Å². The molecule has 7 heteroatoms. The van der Waals surface area contributed by atoms with E-state index in [4.69, 9.17) is 9.47 Å². The van der Waals surface area contributed by atoms with Crippen LogP contribution in [0.15, 0.2) is 78.4 Å². The molecule has 0 aliphatic carbocycles. The lowest BCUT2D eigenvalue weighted by Crippen LogP contribution is -2.29.